The SMILES string of the molecule is Cc1[nH]ncc1N1CCC(CN)CC1. The normalized spacial score (nSPS) is 18.9. The Kier molecular flexibility index (Phi) is 2.72. The molecule has 1 aromatic heterocycles. The van der Waals surface area contributed by atoms with E-state index in [-0.39, 0.29) is 0 Å². The van der Waals surface area contributed by atoms with Crippen LogP contribution in [0, 0.1) is 12.8 Å². The van der Waals surface area contributed by atoms with Crippen LogP contribution in [0.2, 0.25) is 0 Å². The van der Waals surface area contributed by atoms with Crippen LogP contribution in [0.1, 0.15) is 18.5 Å². The summed E-state index contributed by atoms with van der Waals surface area (Å²) in [4.78, 5) is 2.39. The zero-order chi connectivity index (χ0) is 9.97. The molecule has 2 rings (SSSR count). The second-order valence-corrected chi connectivity index (χ2v) is 4.05. The fraction of sp³-hybridized carbons (Fsp3) is 0.700. The van der Waals surface area contributed by atoms with Crippen LogP contribution in [-0.4, -0.2) is 29.8 Å². The molecular formula is C10H18N4. The maximum atomic E-state index is 5.66. The van der Waals surface area contributed by atoms with Gasteiger partial charge in [0.15, 0.2) is 0 Å². The first-order valence-electron chi connectivity index (χ1n) is 5.26. The first-order chi connectivity index (χ1) is 6.81. The molecule has 2 heterocycles. The van der Waals surface area contributed by atoms with Crippen molar-refractivity contribution in [1.82, 2.24) is 10.2 Å². The van der Waals surface area contributed by atoms with Crippen molar-refractivity contribution in [2.75, 3.05) is 24.5 Å². The molecule has 14 heavy (non-hydrogen) atoms. The number of aryl methyl sites for hydroxylation is 1. The van der Waals surface area contributed by atoms with Crippen LogP contribution in [0.15, 0.2) is 6.20 Å². The lowest BCUT2D eigenvalue weighted by Crippen LogP contribution is -2.36. The molecule has 0 aromatic carbocycles. The zero-order valence-electron chi connectivity index (χ0n) is 8.66. The Bertz CT molecular complexity index is 286. The molecule has 78 valence electrons. The van der Waals surface area contributed by atoms with Crippen molar-refractivity contribution < 1.29 is 0 Å². The molecule has 1 saturated heterocycles. The standard InChI is InChI=1S/C10H18N4/c1-8-10(7-12-13-8)14-4-2-9(6-11)3-5-14/h7,9H,2-6,11H2,1H3,(H,12,13). The number of anilines is 1. The molecule has 1 aliphatic heterocycles. The highest BCUT2D eigenvalue weighted by Crippen LogP contribution is 2.23. The highest BCUT2D eigenvalue weighted by atomic mass is 15.2. The van der Waals surface area contributed by atoms with Crippen molar-refractivity contribution >= 4 is 5.69 Å². The van der Waals surface area contributed by atoms with Crippen LogP contribution in [0.5, 0.6) is 0 Å². The van der Waals surface area contributed by atoms with E-state index >= 15 is 0 Å². The lowest BCUT2D eigenvalue weighted by Gasteiger charge is -2.32. The lowest BCUT2D eigenvalue weighted by atomic mass is 9.97. The Morgan fingerprint density at radius 3 is 2.79 bits per heavy atom. The van der Waals surface area contributed by atoms with Crippen LogP contribution in [0.25, 0.3) is 0 Å². The quantitative estimate of drug-likeness (QED) is 0.735. The van der Waals surface area contributed by atoms with Gasteiger partial charge in [-0.1, -0.05) is 0 Å². The Balaban J connectivity index is 1.99. The minimum Gasteiger partial charge on any atom is -0.369 e. The van der Waals surface area contributed by atoms with Crippen molar-refractivity contribution in [3.8, 4) is 0 Å². The van der Waals surface area contributed by atoms with Crippen molar-refractivity contribution in [3.63, 3.8) is 0 Å². The summed E-state index contributed by atoms with van der Waals surface area (Å²) in [7, 11) is 0. The molecule has 1 aliphatic rings. The van der Waals surface area contributed by atoms with Crippen LogP contribution < -0.4 is 10.6 Å². The van der Waals surface area contributed by atoms with Gasteiger partial charge in [0.25, 0.3) is 0 Å². The predicted octanol–water partition coefficient (Wildman–Crippen LogP) is 0.893. The van der Waals surface area contributed by atoms with Crippen LogP contribution >= 0.6 is 0 Å². The predicted molar refractivity (Wildman–Crippen MR) is 57.3 cm³/mol. The third-order valence-electron chi connectivity index (χ3n) is 3.09. The van der Waals surface area contributed by atoms with Gasteiger partial charge in [0.1, 0.15) is 0 Å². The molecule has 0 bridgehead atoms. The molecule has 1 aromatic rings. The molecule has 0 saturated carbocycles. The maximum absolute atomic E-state index is 5.66. The third-order valence-corrected chi connectivity index (χ3v) is 3.09. The van der Waals surface area contributed by atoms with E-state index in [1.165, 1.54) is 18.5 Å². The topological polar surface area (TPSA) is 57.9 Å². The molecule has 0 unspecified atom stereocenters. The van der Waals surface area contributed by atoms with Crippen molar-refractivity contribution in [2.45, 2.75) is 19.8 Å². The molecular weight excluding hydrogens is 176 g/mol. The second kappa shape index (κ2) is 4.00. The van der Waals surface area contributed by atoms with E-state index in [0.29, 0.717) is 0 Å². The third kappa shape index (κ3) is 1.75. The number of aromatic amines is 1. The van der Waals surface area contributed by atoms with Gasteiger partial charge in [0, 0.05) is 13.1 Å². The molecule has 0 atom stereocenters. The van der Waals surface area contributed by atoms with Gasteiger partial charge in [-0.2, -0.15) is 5.10 Å². The Morgan fingerprint density at radius 1 is 1.57 bits per heavy atom. The van der Waals surface area contributed by atoms with Gasteiger partial charge in [0.2, 0.25) is 0 Å². The van der Waals surface area contributed by atoms with E-state index in [4.69, 9.17) is 5.73 Å². The van der Waals surface area contributed by atoms with E-state index in [2.05, 4.69) is 22.0 Å². The molecule has 4 heteroatoms. The lowest BCUT2D eigenvalue weighted by molar-refractivity contribution is 0.414. The number of H-pyrrole nitrogens is 1. The molecule has 0 amide bonds. The van der Waals surface area contributed by atoms with Gasteiger partial charge >= 0.3 is 0 Å². The average Bonchev–Trinajstić information content (AvgIpc) is 2.65. The molecule has 0 aliphatic carbocycles. The zero-order valence-corrected chi connectivity index (χ0v) is 8.66. The number of nitrogens with two attached hydrogens (primary N) is 1. The number of aromatic nitrogens is 2. The van der Waals surface area contributed by atoms with Crippen LogP contribution in [0.4, 0.5) is 5.69 Å². The van der Waals surface area contributed by atoms with Gasteiger partial charge in [-0.05, 0) is 32.2 Å². The fourth-order valence-electron chi connectivity index (χ4n) is 2.07. The van der Waals surface area contributed by atoms with E-state index in [1.807, 2.05) is 6.20 Å². The molecule has 0 radical (unpaired) electrons. The number of hydrogen-bond acceptors (Lipinski definition) is 3. The summed E-state index contributed by atoms with van der Waals surface area (Å²) in [5, 5.41) is 7.02. The smallest absolute Gasteiger partial charge is 0.0779 e. The van der Waals surface area contributed by atoms with Crippen LogP contribution in [0.3, 0.4) is 0 Å². The summed E-state index contributed by atoms with van der Waals surface area (Å²) in [6, 6.07) is 0. The molecule has 1 fully saturated rings. The van der Waals surface area contributed by atoms with E-state index < -0.39 is 0 Å². The van der Waals surface area contributed by atoms with Crippen molar-refractivity contribution in [1.29, 1.82) is 0 Å². The number of nitrogens with one attached hydrogen (secondary N) is 1. The summed E-state index contributed by atoms with van der Waals surface area (Å²) < 4.78 is 0. The van der Waals surface area contributed by atoms with Gasteiger partial charge in [-0.15, -0.1) is 0 Å². The maximum Gasteiger partial charge on any atom is 0.0779 e. The summed E-state index contributed by atoms with van der Waals surface area (Å²) in [6.45, 7) is 5.13. The van der Waals surface area contributed by atoms with E-state index in [0.717, 1.165) is 31.2 Å². The summed E-state index contributed by atoms with van der Waals surface area (Å²) in [5.41, 5.74) is 8.07. The number of nitrogens with zero attached hydrogens (tertiary/aromatic N) is 2. The highest BCUT2D eigenvalue weighted by Gasteiger charge is 2.19. The minimum atomic E-state index is 0.721. The minimum absolute atomic E-state index is 0.721. The van der Waals surface area contributed by atoms with Gasteiger partial charge in [-0.25, -0.2) is 0 Å². The Hall–Kier alpha value is -1.03. The number of piperidine rings is 1. The monoisotopic (exact) mass is 194 g/mol. The van der Waals surface area contributed by atoms with Crippen molar-refractivity contribution in [3.05, 3.63) is 11.9 Å². The first kappa shape index (κ1) is 9.52. The Labute approximate surface area is 84.5 Å². The number of rotatable bonds is 2. The van der Waals surface area contributed by atoms with Gasteiger partial charge in [0.05, 0.1) is 17.6 Å². The second-order valence-electron chi connectivity index (χ2n) is 4.05. The molecule has 4 nitrogen and oxygen atoms in total. The molecule has 0 spiro atoms. The molecule has 3 N–H and O–H groups in total. The van der Waals surface area contributed by atoms with Gasteiger partial charge in [-0.3, -0.25) is 5.10 Å². The Morgan fingerprint density at radius 2 is 2.29 bits per heavy atom. The summed E-state index contributed by atoms with van der Waals surface area (Å²) in [6.07, 6.45) is 4.33. The van der Waals surface area contributed by atoms with Gasteiger partial charge < -0.3 is 10.6 Å². The largest absolute Gasteiger partial charge is 0.369 e. The van der Waals surface area contributed by atoms with Crippen LogP contribution in [-0.2, 0) is 0 Å². The fourth-order valence-corrected chi connectivity index (χ4v) is 2.07. The van der Waals surface area contributed by atoms with Crippen molar-refractivity contribution in [2.24, 2.45) is 11.7 Å². The summed E-state index contributed by atoms with van der Waals surface area (Å²) in [5.74, 6) is 0.721. The first-order valence-corrected chi connectivity index (χ1v) is 5.26. The summed E-state index contributed by atoms with van der Waals surface area (Å²) >= 11 is 0. The van der Waals surface area contributed by atoms with E-state index in [1.54, 1.807) is 0 Å². The van der Waals surface area contributed by atoms with E-state index in [9.17, 15) is 0 Å². The average molecular weight is 194 g/mol. The number of hydrogen-bond donors (Lipinski definition) is 2. The highest BCUT2D eigenvalue weighted by molar-refractivity contribution is 5.48.